The molecule has 0 radical (unpaired) electrons. The molecule has 2 aromatic rings. The highest BCUT2D eigenvalue weighted by atomic mass is 16.4. The Bertz CT molecular complexity index is 1030. The Balaban J connectivity index is 2.77. The number of rotatable bonds is 12. The lowest BCUT2D eigenvalue weighted by Crippen LogP contribution is -2.18. The maximum atomic E-state index is 11.4. The zero-order valence-electron chi connectivity index (χ0n) is 22.7. The van der Waals surface area contributed by atoms with Gasteiger partial charge < -0.3 is 20.4 Å². The van der Waals surface area contributed by atoms with Crippen LogP contribution in [0.4, 0.5) is 0 Å². The topological polar surface area (TPSA) is 115 Å². The van der Waals surface area contributed by atoms with Crippen LogP contribution in [0.1, 0.15) is 113 Å². The molecule has 0 heterocycles. The Kier molecular flexibility index (Phi) is 9.22. The molecule has 36 heavy (non-hydrogen) atoms. The number of benzene rings is 2. The Morgan fingerprint density at radius 2 is 1.06 bits per heavy atom. The van der Waals surface area contributed by atoms with Crippen LogP contribution in [0.5, 0.6) is 11.5 Å². The Morgan fingerprint density at radius 3 is 1.33 bits per heavy atom. The molecule has 198 valence electrons. The first kappa shape index (κ1) is 29.2. The average Bonchev–Trinajstić information content (AvgIpc) is 2.81. The van der Waals surface area contributed by atoms with Gasteiger partial charge in [0.15, 0.2) is 0 Å². The van der Waals surface area contributed by atoms with Gasteiger partial charge in [-0.25, -0.2) is 0 Å². The number of aromatic hydroxyl groups is 2. The van der Waals surface area contributed by atoms with Gasteiger partial charge in [0, 0.05) is 41.0 Å². The molecule has 0 aliphatic carbocycles. The van der Waals surface area contributed by atoms with E-state index in [1.54, 1.807) is 0 Å². The molecule has 0 saturated heterocycles. The molecular formula is C30H42O6. The number of phenols is 2. The summed E-state index contributed by atoms with van der Waals surface area (Å²) in [7, 11) is 0. The molecule has 0 amide bonds. The van der Waals surface area contributed by atoms with E-state index in [2.05, 4.69) is 0 Å². The molecule has 0 aliphatic rings. The molecule has 0 fully saturated rings. The van der Waals surface area contributed by atoms with E-state index in [9.17, 15) is 30.0 Å². The standard InChI is InChI=1S/C30H42O6/c1-8-29(4,5)23-16-19(10-12-25(31)32)14-21(27(23)35)18(3)22-15-20(11-13-26(33)34)17-24(28(22)36)30(6,7)9-2/h14-18,35-36H,8-13H2,1-7H3,(H,31,32)(H,33,34). The minimum Gasteiger partial charge on any atom is -0.507 e. The predicted molar refractivity (Wildman–Crippen MR) is 142 cm³/mol. The Labute approximate surface area is 215 Å². The summed E-state index contributed by atoms with van der Waals surface area (Å²) in [5.74, 6) is -1.87. The van der Waals surface area contributed by atoms with Gasteiger partial charge in [-0.3, -0.25) is 9.59 Å². The van der Waals surface area contributed by atoms with Crippen LogP contribution in [0.25, 0.3) is 0 Å². The zero-order chi connectivity index (χ0) is 27.4. The number of aliphatic carboxylic acids is 2. The van der Waals surface area contributed by atoms with Gasteiger partial charge in [-0.05, 0) is 47.6 Å². The highest BCUT2D eigenvalue weighted by molar-refractivity contribution is 5.68. The number of carbonyl (C=O) groups is 2. The van der Waals surface area contributed by atoms with Crippen LogP contribution < -0.4 is 0 Å². The summed E-state index contributed by atoms with van der Waals surface area (Å²) in [4.78, 5) is 22.5. The summed E-state index contributed by atoms with van der Waals surface area (Å²) in [5.41, 5.74) is 3.74. The second-order valence-corrected chi connectivity index (χ2v) is 11.1. The fourth-order valence-corrected chi connectivity index (χ4v) is 4.47. The van der Waals surface area contributed by atoms with Gasteiger partial charge >= 0.3 is 11.9 Å². The summed E-state index contributed by atoms with van der Waals surface area (Å²) >= 11 is 0. The minimum absolute atomic E-state index is 0.0185. The summed E-state index contributed by atoms with van der Waals surface area (Å²) in [5, 5.41) is 41.3. The van der Waals surface area contributed by atoms with Crippen molar-refractivity contribution in [2.75, 3.05) is 0 Å². The molecule has 0 spiro atoms. The highest BCUT2D eigenvalue weighted by Gasteiger charge is 2.30. The predicted octanol–water partition coefficient (Wildman–Crippen LogP) is 6.66. The quantitative estimate of drug-likeness (QED) is 0.260. The van der Waals surface area contributed by atoms with Gasteiger partial charge in [-0.2, -0.15) is 0 Å². The molecule has 0 unspecified atom stereocenters. The van der Waals surface area contributed by atoms with E-state index in [0.29, 0.717) is 24.0 Å². The average molecular weight is 499 g/mol. The van der Waals surface area contributed by atoms with Crippen molar-refractivity contribution in [3.8, 4) is 11.5 Å². The van der Waals surface area contributed by atoms with Crippen LogP contribution in [0.15, 0.2) is 24.3 Å². The van der Waals surface area contributed by atoms with Gasteiger partial charge in [-0.1, -0.05) is 72.7 Å². The molecule has 6 heteroatoms. The molecular weight excluding hydrogens is 456 g/mol. The van der Waals surface area contributed by atoms with Crippen molar-refractivity contribution in [3.05, 3.63) is 57.6 Å². The lowest BCUT2D eigenvalue weighted by molar-refractivity contribution is -0.138. The fourth-order valence-electron chi connectivity index (χ4n) is 4.47. The molecule has 0 bridgehead atoms. The second kappa shape index (κ2) is 11.4. The summed E-state index contributed by atoms with van der Waals surface area (Å²) < 4.78 is 0. The first-order valence-electron chi connectivity index (χ1n) is 12.8. The number of hydrogen-bond donors (Lipinski definition) is 4. The van der Waals surface area contributed by atoms with E-state index >= 15 is 0 Å². The normalized spacial score (nSPS) is 12.2. The van der Waals surface area contributed by atoms with Crippen molar-refractivity contribution >= 4 is 11.9 Å². The maximum absolute atomic E-state index is 11.4. The first-order chi connectivity index (χ1) is 16.6. The van der Waals surface area contributed by atoms with E-state index in [-0.39, 0.29) is 35.2 Å². The maximum Gasteiger partial charge on any atom is 0.303 e. The molecule has 2 aromatic carbocycles. The SMILES string of the molecule is CCC(C)(C)c1cc(CCC(=O)O)cc(C(C)c2cc(CCC(=O)O)cc(C(C)(C)CC)c2O)c1O. The van der Waals surface area contributed by atoms with E-state index < -0.39 is 17.9 Å². The largest absolute Gasteiger partial charge is 0.507 e. The van der Waals surface area contributed by atoms with Crippen molar-refractivity contribution in [3.63, 3.8) is 0 Å². The second-order valence-electron chi connectivity index (χ2n) is 11.1. The summed E-state index contributed by atoms with van der Waals surface area (Å²) in [6.07, 6.45) is 2.19. The molecule has 6 nitrogen and oxygen atoms in total. The lowest BCUT2D eigenvalue weighted by atomic mass is 9.75. The molecule has 2 rings (SSSR count). The third-order valence-electron chi connectivity index (χ3n) is 7.81. The number of carboxylic acids is 2. The molecule has 0 saturated carbocycles. The minimum atomic E-state index is -0.885. The monoisotopic (exact) mass is 498 g/mol. The summed E-state index contributed by atoms with van der Waals surface area (Å²) in [6.45, 7) is 14.2. The van der Waals surface area contributed by atoms with Crippen LogP contribution in [0, 0.1) is 0 Å². The van der Waals surface area contributed by atoms with Crippen molar-refractivity contribution in [2.45, 2.75) is 104 Å². The lowest BCUT2D eigenvalue weighted by Gasteiger charge is -2.30. The van der Waals surface area contributed by atoms with Crippen LogP contribution in [0.3, 0.4) is 0 Å². The van der Waals surface area contributed by atoms with Crippen LogP contribution in [0.2, 0.25) is 0 Å². The smallest absolute Gasteiger partial charge is 0.303 e. The Morgan fingerprint density at radius 1 is 0.722 bits per heavy atom. The Hall–Kier alpha value is -3.02. The van der Waals surface area contributed by atoms with Crippen LogP contribution >= 0.6 is 0 Å². The van der Waals surface area contributed by atoms with Crippen molar-refractivity contribution in [1.82, 2.24) is 0 Å². The van der Waals surface area contributed by atoms with Crippen molar-refractivity contribution in [1.29, 1.82) is 0 Å². The number of aryl methyl sites for hydroxylation is 2. The third-order valence-corrected chi connectivity index (χ3v) is 7.81. The fraction of sp³-hybridized carbons (Fsp3) is 0.533. The van der Waals surface area contributed by atoms with Gasteiger partial charge in [0.2, 0.25) is 0 Å². The van der Waals surface area contributed by atoms with Gasteiger partial charge in [0.05, 0.1) is 0 Å². The van der Waals surface area contributed by atoms with E-state index in [4.69, 9.17) is 0 Å². The molecule has 0 aromatic heterocycles. The molecule has 4 N–H and O–H groups in total. The highest BCUT2D eigenvalue weighted by Crippen LogP contribution is 2.45. The molecule has 0 aliphatic heterocycles. The first-order valence-corrected chi connectivity index (χ1v) is 12.8. The van der Waals surface area contributed by atoms with E-state index in [0.717, 1.165) is 35.1 Å². The van der Waals surface area contributed by atoms with Crippen molar-refractivity contribution < 1.29 is 30.0 Å². The number of phenolic OH excluding ortho intramolecular Hbond substituents is 2. The summed E-state index contributed by atoms with van der Waals surface area (Å²) in [6, 6.07) is 7.47. The van der Waals surface area contributed by atoms with Gasteiger partial charge in [0.25, 0.3) is 0 Å². The molecule has 0 atom stereocenters. The van der Waals surface area contributed by atoms with Crippen LogP contribution in [-0.2, 0) is 33.3 Å². The van der Waals surface area contributed by atoms with E-state index in [1.165, 1.54) is 0 Å². The third kappa shape index (κ3) is 6.59. The van der Waals surface area contributed by atoms with E-state index in [1.807, 2.05) is 72.7 Å². The zero-order valence-corrected chi connectivity index (χ0v) is 22.7. The van der Waals surface area contributed by atoms with Gasteiger partial charge in [-0.15, -0.1) is 0 Å². The van der Waals surface area contributed by atoms with Crippen molar-refractivity contribution in [2.24, 2.45) is 0 Å². The number of carboxylic acid groups (broad SMARTS) is 2. The van der Waals surface area contributed by atoms with Crippen LogP contribution in [-0.4, -0.2) is 32.4 Å². The number of hydrogen-bond acceptors (Lipinski definition) is 4. The van der Waals surface area contributed by atoms with Gasteiger partial charge in [0.1, 0.15) is 11.5 Å².